The van der Waals surface area contributed by atoms with Gasteiger partial charge in [-0.05, 0) is 13.0 Å². The Morgan fingerprint density at radius 3 is 2.60 bits per heavy atom. The number of alkyl halides is 3. The fourth-order valence-corrected chi connectivity index (χ4v) is 1.37. The van der Waals surface area contributed by atoms with Gasteiger partial charge >= 0.3 is 6.18 Å². The van der Waals surface area contributed by atoms with E-state index in [9.17, 15) is 28.4 Å². The first-order chi connectivity index (χ1) is 9.20. The van der Waals surface area contributed by atoms with Gasteiger partial charge in [-0.2, -0.15) is 13.2 Å². The van der Waals surface area contributed by atoms with Crippen molar-refractivity contribution in [3.05, 3.63) is 33.9 Å². The molecule has 112 valence electrons. The second-order valence-corrected chi connectivity index (χ2v) is 3.88. The van der Waals surface area contributed by atoms with Gasteiger partial charge in [0.1, 0.15) is 12.4 Å². The Morgan fingerprint density at radius 2 is 2.10 bits per heavy atom. The summed E-state index contributed by atoms with van der Waals surface area (Å²) in [6.07, 6.45) is -5.54. The van der Waals surface area contributed by atoms with Gasteiger partial charge in [0.05, 0.1) is 11.0 Å². The van der Waals surface area contributed by atoms with Crippen LogP contribution in [0.15, 0.2) is 18.2 Å². The van der Waals surface area contributed by atoms with E-state index in [4.69, 9.17) is 4.74 Å². The predicted molar refractivity (Wildman–Crippen MR) is 61.2 cm³/mol. The van der Waals surface area contributed by atoms with Crippen molar-refractivity contribution >= 4 is 5.69 Å². The Balaban J connectivity index is 2.72. The summed E-state index contributed by atoms with van der Waals surface area (Å²) < 4.78 is 44.7. The average Bonchev–Trinajstić information content (AvgIpc) is 2.33. The number of nitro benzene ring substituents is 1. The summed E-state index contributed by atoms with van der Waals surface area (Å²) >= 11 is 0. The molecule has 0 aromatic heterocycles. The molecule has 0 unspecified atom stereocenters. The lowest BCUT2D eigenvalue weighted by molar-refractivity contribution is -0.385. The number of ether oxygens (including phenoxy) is 2. The fraction of sp³-hybridized carbons (Fsp3) is 0.455. The minimum absolute atomic E-state index is 0.0211. The van der Waals surface area contributed by atoms with Gasteiger partial charge in [-0.15, -0.1) is 0 Å². The van der Waals surface area contributed by atoms with Crippen molar-refractivity contribution in [1.29, 1.82) is 0 Å². The summed E-state index contributed by atoms with van der Waals surface area (Å²) in [6, 6.07) is 3.39. The molecule has 0 amide bonds. The molecule has 1 aromatic carbocycles. The van der Waals surface area contributed by atoms with Crippen molar-refractivity contribution in [2.24, 2.45) is 0 Å². The smallest absolute Gasteiger partial charge is 0.411 e. The Bertz CT molecular complexity index is 476. The van der Waals surface area contributed by atoms with E-state index in [1.165, 1.54) is 13.0 Å². The van der Waals surface area contributed by atoms with Crippen molar-refractivity contribution < 1.29 is 32.7 Å². The molecule has 0 saturated heterocycles. The van der Waals surface area contributed by atoms with Crippen molar-refractivity contribution in [3.8, 4) is 5.75 Å². The Labute approximate surface area is 111 Å². The van der Waals surface area contributed by atoms with Crippen LogP contribution >= 0.6 is 0 Å². The summed E-state index contributed by atoms with van der Waals surface area (Å²) in [6.45, 7) is -0.802. The SMILES string of the molecule is C[C@H](O)c1cc([N+](=O)[O-])ccc1OCOCC(F)(F)F. The van der Waals surface area contributed by atoms with E-state index in [2.05, 4.69) is 4.74 Å². The summed E-state index contributed by atoms with van der Waals surface area (Å²) in [5, 5.41) is 20.1. The molecule has 0 saturated carbocycles. The monoisotopic (exact) mass is 295 g/mol. The van der Waals surface area contributed by atoms with Gasteiger partial charge in [-0.3, -0.25) is 10.1 Å². The standard InChI is InChI=1S/C11H12F3NO5/c1-7(16)9-4-8(15(17)18)2-3-10(9)20-6-19-5-11(12,13)14/h2-4,7,16H,5-6H2,1H3/t7-/m0/s1. The van der Waals surface area contributed by atoms with Crippen molar-refractivity contribution in [2.45, 2.75) is 19.2 Å². The van der Waals surface area contributed by atoms with Gasteiger partial charge in [0.15, 0.2) is 6.79 Å². The highest BCUT2D eigenvalue weighted by molar-refractivity contribution is 5.44. The van der Waals surface area contributed by atoms with Crippen LogP contribution in [0.5, 0.6) is 5.75 Å². The minimum atomic E-state index is -4.47. The molecule has 0 aliphatic heterocycles. The highest BCUT2D eigenvalue weighted by Gasteiger charge is 2.27. The maximum atomic E-state index is 11.8. The van der Waals surface area contributed by atoms with E-state index >= 15 is 0 Å². The zero-order valence-corrected chi connectivity index (χ0v) is 10.4. The first-order valence-corrected chi connectivity index (χ1v) is 5.44. The number of aliphatic hydroxyl groups is 1. The van der Waals surface area contributed by atoms with Crippen LogP contribution in [0, 0.1) is 10.1 Å². The lowest BCUT2D eigenvalue weighted by atomic mass is 10.1. The van der Waals surface area contributed by atoms with E-state index in [0.29, 0.717) is 0 Å². The van der Waals surface area contributed by atoms with Gasteiger partial charge in [0, 0.05) is 17.7 Å². The Morgan fingerprint density at radius 1 is 1.45 bits per heavy atom. The van der Waals surface area contributed by atoms with Crippen LogP contribution in [0.4, 0.5) is 18.9 Å². The lowest BCUT2D eigenvalue weighted by Gasteiger charge is -2.14. The molecule has 0 radical (unpaired) electrons. The van der Waals surface area contributed by atoms with Gasteiger partial charge in [-0.25, -0.2) is 0 Å². The third-order valence-electron chi connectivity index (χ3n) is 2.22. The first-order valence-electron chi connectivity index (χ1n) is 5.44. The van der Waals surface area contributed by atoms with Gasteiger partial charge < -0.3 is 14.6 Å². The second-order valence-electron chi connectivity index (χ2n) is 3.88. The number of non-ortho nitro benzene ring substituents is 1. The molecular weight excluding hydrogens is 283 g/mol. The van der Waals surface area contributed by atoms with Crippen LogP contribution < -0.4 is 4.74 Å². The normalized spacial score (nSPS) is 13.1. The van der Waals surface area contributed by atoms with Gasteiger partial charge in [0.2, 0.25) is 0 Å². The van der Waals surface area contributed by atoms with Gasteiger partial charge in [-0.1, -0.05) is 0 Å². The van der Waals surface area contributed by atoms with Crippen LogP contribution in [0.2, 0.25) is 0 Å². The van der Waals surface area contributed by atoms with Crippen LogP contribution in [0.3, 0.4) is 0 Å². The number of nitrogens with zero attached hydrogens (tertiary/aromatic N) is 1. The number of hydrogen-bond donors (Lipinski definition) is 1. The summed E-state index contributed by atoms with van der Waals surface area (Å²) in [4.78, 5) is 9.93. The molecule has 0 aliphatic carbocycles. The zero-order chi connectivity index (χ0) is 15.3. The summed E-state index contributed by atoms with van der Waals surface area (Å²) in [5.41, 5.74) is -0.167. The lowest BCUT2D eigenvalue weighted by Crippen LogP contribution is -2.19. The molecule has 1 N–H and O–H groups in total. The predicted octanol–water partition coefficient (Wildman–Crippen LogP) is 2.56. The maximum absolute atomic E-state index is 11.8. The summed E-state index contributed by atoms with van der Waals surface area (Å²) in [7, 11) is 0. The van der Waals surface area contributed by atoms with Crippen LogP contribution in [0.25, 0.3) is 0 Å². The van der Waals surface area contributed by atoms with E-state index in [-0.39, 0.29) is 17.0 Å². The van der Waals surface area contributed by atoms with Crippen molar-refractivity contribution in [3.63, 3.8) is 0 Å². The number of rotatable bonds is 6. The molecule has 0 spiro atoms. The number of aliphatic hydroxyl groups excluding tert-OH is 1. The molecule has 0 aliphatic rings. The van der Waals surface area contributed by atoms with E-state index in [0.717, 1.165) is 12.1 Å². The fourth-order valence-electron chi connectivity index (χ4n) is 1.37. The Hall–Kier alpha value is -1.87. The molecule has 1 atom stereocenters. The van der Waals surface area contributed by atoms with Crippen LogP contribution in [-0.4, -0.2) is 29.6 Å². The third kappa shape index (κ3) is 5.02. The van der Waals surface area contributed by atoms with E-state index < -0.39 is 30.6 Å². The quantitative estimate of drug-likeness (QED) is 0.377. The van der Waals surface area contributed by atoms with Gasteiger partial charge in [0.25, 0.3) is 5.69 Å². The number of hydrogen-bond acceptors (Lipinski definition) is 5. The number of nitro groups is 1. The summed E-state index contributed by atoms with van der Waals surface area (Å²) in [5.74, 6) is 0.0211. The molecular formula is C11H12F3NO5. The van der Waals surface area contributed by atoms with Crippen LogP contribution in [-0.2, 0) is 4.74 Å². The van der Waals surface area contributed by atoms with Crippen molar-refractivity contribution in [2.75, 3.05) is 13.4 Å². The highest BCUT2D eigenvalue weighted by Crippen LogP contribution is 2.29. The molecule has 20 heavy (non-hydrogen) atoms. The molecule has 1 aromatic rings. The molecule has 0 fully saturated rings. The second kappa shape index (κ2) is 6.53. The minimum Gasteiger partial charge on any atom is -0.467 e. The largest absolute Gasteiger partial charge is 0.467 e. The number of halogens is 3. The van der Waals surface area contributed by atoms with Crippen molar-refractivity contribution in [1.82, 2.24) is 0 Å². The van der Waals surface area contributed by atoms with E-state index in [1.807, 2.05) is 0 Å². The topological polar surface area (TPSA) is 81.8 Å². The molecule has 1 rings (SSSR count). The Kier molecular flexibility index (Phi) is 5.28. The first kappa shape index (κ1) is 16.2. The average molecular weight is 295 g/mol. The molecule has 0 bridgehead atoms. The third-order valence-corrected chi connectivity index (χ3v) is 2.22. The molecule has 9 heteroatoms. The number of benzene rings is 1. The highest BCUT2D eigenvalue weighted by atomic mass is 19.4. The maximum Gasteiger partial charge on any atom is 0.411 e. The zero-order valence-electron chi connectivity index (χ0n) is 10.4. The van der Waals surface area contributed by atoms with E-state index in [1.54, 1.807) is 0 Å². The molecule has 6 nitrogen and oxygen atoms in total. The van der Waals surface area contributed by atoms with Crippen LogP contribution in [0.1, 0.15) is 18.6 Å². The molecule has 0 heterocycles.